The van der Waals surface area contributed by atoms with E-state index in [2.05, 4.69) is 21.7 Å². The number of piperidine rings is 1. The Kier molecular flexibility index (Phi) is 7.94. The van der Waals surface area contributed by atoms with Crippen LogP contribution in [0.1, 0.15) is 72.6 Å². The molecule has 0 bridgehead atoms. The molecule has 1 unspecified atom stereocenters. The van der Waals surface area contributed by atoms with Gasteiger partial charge in [-0.2, -0.15) is 0 Å². The second-order valence-corrected chi connectivity index (χ2v) is 10.4. The number of rotatable bonds is 5. The number of carbonyl (C=O) groups excluding carboxylic acids is 2. The minimum Gasteiger partial charge on any atom is -0.460 e. The van der Waals surface area contributed by atoms with Gasteiger partial charge in [0.2, 0.25) is 5.91 Å². The third-order valence-corrected chi connectivity index (χ3v) is 6.66. The Morgan fingerprint density at radius 3 is 2.48 bits per heavy atom. The molecule has 2 aliphatic heterocycles. The number of esters is 1. The lowest BCUT2D eigenvalue weighted by Crippen LogP contribution is -2.43. The van der Waals surface area contributed by atoms with E-state index >= 15 is 0 Å². The monoisotopic (exact) mass is 426 g/mol. The second kappa shape index (κ2) is 10.5. The number of amides is 1. The van der Waals surface area contributed by atoms with Gasteiger partial charge in [0.25, 0.3) is 0 Å². The largest absolute Gasteiger partial charge is 0.460 e. The van der Waals surface area contributed by atoms with Crippen molar-refractivity contribution in [2.45, 2.75) is 78.2 Å². The van der Waals surface area contributed by atoms with E-state index in [0.717, 1.165) is 63.7 Å². The first kappa shape index (κ1) is 23.5. The molecule has 2 fully saturated rings. The normalized spacial score (nSPS) is 25.7. The van der Waals surface area contributed by atoms with E-state index in [0.29, 0.717) is 17.7 Å². The predicted molar refractivity (Wildman–Crippen MR) is 124 cm³/mol. The van der Waals surface area contributed by atoms with E-state index in [-0.39, 0.29) is 17.8 Å². The highest BCUT2D eigenvalue weighted by molar-refractivity contribution is 5.97. The van der Waals surface area contributed by atoms with Crippen molar-refractivity contribution in [1.29, 1.82) is 0 Å². The summed E-state index contributed by atoms with van der Waals surface area (Å²) in [5.74, 6) is 1.23. The molecular formula is C26H38N2O3. The van der Waals surface area contributed by atoms with Crippen molar-refractivity contribution in [3.05, 3.63) is 30.2 Å². The van der Waals surface area contributed by atoms with E-state index in [1.54, 1.807) is 6.20 Å². The maximum atomic E-state index is 13.1. The zero-order valence-corrected chi connectivity index (χ0v) is 19.6. The van der Waals surface area contributed by atoms with Crippen molar-refractivity contribution >= 4 is 17.6 Å². The van der Waals surface area contributed by atoms with Gasteiger partial charge in [-0.1, -0.05) is 13.0 Å². The molecule has 3 rings (SSSR count). The fourth-order valence-electron chi connectivity index (χ4n) is 4.94. The first-order valence-corrected chi connectivity index (χ1v) is 11.9. The summed E-state index contributed by atoms with van der Waals surface area (Å²) in [6, 6.07) is 0. The lowest BCUT2D eigenvalue weighted by Gasteiger charge is -2.36. The summed E-state index contributed by atoms with van der Waals surface area (Å²) < 4.78 is 5.52. The summed E-state index contributed by atoms with van der Waals surface area (Å²) >= 11 is 0. The molecule has 0 N–H and O–H groups in total. The van der Waals surface area contributed by atoms with Crippen molar-refractivity contribution in [2.75, 3.05) is 13.1 Å². The third-order valence-electron chi connectivity index (χ3n) is 6.66. The maximum Gasteiger partial charge on any atom is 0.309 e. The Morgan fingerprint density at radius 1 is 1.16 bits per heavy atom. The van der Waals surface area contributed by atoms with Crippen LogP contribution in [0.15, 0.2) is 35.2 Å². The smallest absolute Gasteiger partial charge is 0.309 e. The summed E-state index contributed by atoms with van der Waals surface area (Å²) in [6.07, 6.45) is 14.4. The standard InChI is InChI=1S/C26H38N2O3/c1-19(25(30)31-26(2,3)4)18-20-9-11-22(12-10-20)24(29)28-16-13-21(14-17-28)23-8-6-5-7-15-27-23/h5-6,8,15,19-22H,9-14,16-18H2,1-4H3. The molecule has 1 amide bonds. The number of ether oxygens (including phenoxy) is 1. The van der Waals surface area contributed by atoms with Gasteiger partial charge in [0.1, 0.15) is 5.60 Å². The van der Waals surface area contributed by atoms with Crippen LogP contribution in [-0.2, 0) is 14.3 Å². The number of carbonyl (C=O) groups is 2. The van der Waals surface area contributed by atoms with Crippen molar-refractivity contribution in [1.82, 2.24) is 4.90 Å². The molecule has 0 aromatic carbocycles. The summed E-state index contributed by atoms with van der Waals surface area (Å²) in [5.41, 5.74) is 3.67. The number of aliphatic imine (C=N–C) groups is 1. The van der Waals surface area contributed by atoms with Crippen molar-refractivity contribution in [3.8, 4) is 0 Å². The van der Waals surface area contributed by atoms with Gasteiger partial charge >= 0.3 is 5.97 Å². The number of hydrogen-bond donors (Lipinski definition) is 0. The van der Waals surface area contributed by atoms with Gasteiger partial charge in [-0.15, -0.1) is 5.73 Å². The van der Waals surface area contributed by atoms with E-state index < -0.39 is 5.60 Å². The van der Waals surface area contributed by atoms with Gasteiger partial charge in [0.05, 0.1) is 12.1 Å². The molecule has 170 valence electrons. The molecule has 1 atom stereocenters. The summed E-state index contributed by atoms with van der Waals surface area (Å²) in [4.78, 5) is 31.9. The first-order valence-electron chi connectivity index (χ1n) is 11.9. The molecule has 5 nitrogen and oxygen atoms in total. The summed E-state index contributed by atoms with van der Waals surface area (Å²) in [7, 11) is 0. The van der Waals surface area contributed by atoms with Gasteiger partial charge in [0.15, 0.2) is 0 Å². The van der Waals surface area contributed by atoms with Crippen molar-refractivity contribution < 1.29 is 14.3 Å². The Balaban J connectivity index is 1.41. The van der Waals surface area contributed by atoms with Gasteiger partial charge in [-0.05, 0) is 83.8 Å². The first-order chi connectivity index (χ1) is 14.7. The molecule has 1 saturated carbocycles. The highest BCUT2D eigenvalue weighted by Gasteiger charge is 2.33. The highest BCUT2D eigenvalue weighted by atomic mass is 16.6. The fraction of sp³-hybridized carbons (Fsp3) is 0.692. The lowest BCUT2D eigenvalue weighted by atomic mass is 9.77. The minimum atomic E-state index is -0.435. The average molecular weight is 427 g/mol. The van der Waals surface area contributed by atoms with Gasteiger partial charge in [0, 0.05) is 30.6 Å². The molecule has 0 radical (unpaired) electrons. The maximum absolute atomic E-state index is 13.1. The molecule has 0 spiro atoms. The molecule has 2 heterocycles. The summed E-state index contributed by atoms with van der Waals surface area (Å²) in [6.45, 7) is 9.34. The molecule has 0 aromatic rings. The number of allylic oxidation sites excluding steroid dienone is 3. The van der Waals surface area contributed by atoms with E-state index in [4.69, 9.17) is 4.74 Å². The number of nitrogens with zero attached hydrogens (tertiary/aromatic N) is 2. The predicted octanol–water partition coefficient (Wildman–Crippen LogP) is 5.08. The van der Waals surface area contributed by atoms with E-state index in [1.807, 2.05) is 39.8 Å². The molecule has 1 aliphatic carbocycles. The molecule has 5 heteroatoms. The summed E-state index contributed by atoms with van der Waals surface area (Å²) in [5, 5.41) is 0. The zero-order chi connectivity index (χ0) is 22.4. The molecule has 31 heavy (non-hydrogen) atoms. The van der Waals surface area contributed by atoms with Crippen LogP contribution >= 0.6 is 0 Å². The van der Waals surface area contributed by atoms with Crippen molar-refractivity contribution in [2.24, 2.45) is 28.7 Å². The molecular weight excluding hydrogens is 388 g/mol. The van der Waals surface area contributed by atoms with Crippen LogP contribution in [0.3, 0.4) is 0 Å². The number of hydrogen-bond acceptors (Lipinski definition) is 4. The molecule has 1 saturated heterocycles. The minimum absolute atomic E-state index is 0.0819. The molecule has 0 aromatic heterocycles. The highest BCUT2D eigenvalue weighted by Crippen LogP contribution is 2.35. The van der Waals surface area contributed by atoms with Crippen LogP contribution in [-0.4, -0.2) is 41.2 Å². The van der Waals surface area contributed by atoms with Crippen LogP contribution in [0.5, 0.6) is 0 Å². The zero-order valence-electron chi connectivity index (χ0n) is 19.6. The average Bonchev–Trinajstić information content (AvgIpc) is 3.02. The Hall–Kier alpha value is -2.13. The van der Waals surface area contributed by atoms with Gasteiger partial charge in [-0.3, -0.25) is 14.6 Å². The third kappa shape index (κ3) is 6.93. The van der Waals surface area contributed by atoms with Crippen LogP contribution in [0, 0.1) is 23.7 Å². The fourth-order valence-corrected chi connectivity index (χ4v) is 4.94. The Bertz CT molecular complexity index is 767. The van der Waals surface area contributed by atoms with Crippen molar-refractivity contribution in [3.63, 3.8) is 0 Å². The van der Waals surface area contributed by atoms with Crippen LogP contribution < -0.4 is 0 Å². The van der Waals surface area contributed by atoms with E-state index in [1.165, 1.54) is 0 Å². The topological polar surface area (TPSA) is 59.0 Å². The Labute approximate surface area is 187 Å². The second-order valence-electron chi connectivity index (χ2n) is 10.4. The quantitative estimate of drug-likeness (QED) is 0.455. The van der Waals surface area contributed by atoms with Crippen LogP contribution in [0.2, 0.25) is 0 Å². The Morgan fingerprint density at radius 2 is 1.84 bits per heavy atom. The van der Waals surface area contributed by atoms with Crippen LogP contribution in [0.4, 0.5) is 0 Å². The lowest BCUT2D eigenvalue weighted by molar-refractivity contribution is -0.160. The van der Waals surface area contributed by atoms with Gasteiger partial charge < -0.3 is 9.64 Å². The van der Waals surface area contributed by atoms with Gasteiger partial charge in [-0.25, -0.2) is 0 Å². The number of likely N-dealkylation sites (tertiary alicyclic amines) is 1. The SMILES string of the molecule is CC(CC1CCC(C(=O)N2CCC(C3=NC=C=CC=C3)CC2)CC1)C(=O)OC(C)(C)C. The van der Waals surface area contributed by atoms with Crippen LogP contribution in [0.25, 0.3) is 0 Å². The molecule has 3 aliphatic rings. The van der Waals surface area contributed by atoms with E-state index in [9.17, 15) is 9.59 Å².